The van der Waals surface area contributed by atoms with E-state index in [4.69, 9.17) is 4.74 Å². The van der Waals surface area contributed by atoms with Crippen LogP contribution >= 0.6 is 0 Å². The number of nitrogens with one attached hydrogen (secondary N) is 2. The zero-order valence-corrected chi connectivity index (χ0v) is 15.7. The number of hydrazone groups is 1. The molecule has 8 heteroatoms. The average Bonchev–Trinajstić information content (AvgIpc) is 2.67. The van der Waals surface area contributed by atoms with Crippen molar-refractivity contribution in [3.05, 3.63) is 80.0 Å². The fraction of sp³-hybridized carbons (Fsp3) is 0.150. The molecule has 3 aromatic rings. The number of anilines is 1. The van der Waals surface area contributed by atoms with Crippen LogP contribution in [-0.4, -0.2) is 28.0 Å². The monoisotopic (exact) mass is 380 g/mol. The molecule has 0 unspecified atom stereocenters. The van der Waals surface area contributed by atoms with Gasteiger partial charge in [-0.15, -0.1) is 0 Å². The first-order valence-electron chi connectivity index (χ1n) is 8.49. The van der Waals surface area contributed by atoms with Crippen molar-refractivity contribution in [3.63, 3.8) is 0 Å². The highest BCUT2D eigenvalue weighted by atomic mass is 16.5. The van der Waals surface area contributed by atoms with E-state index in [1.807, 2.05) is 26.0 Å². The van der Waals surface area contributed by atoms with Crippen LogP contribution in [-0.2, 0) is 0 Å². The van der Waals surface area contributed by atoms with Gasteiger partial charge in [0.25, 0.3) is 5.56 Å². The summed E-state index contributed by atoms with van der Waals surface area (Å²) in [4.78, 5) is 26.7. The number of aromatic nitrogens is 2. The Morgan fingerprint density at radius 2 is 1.86 bits per heavy atom. The molecular formula is C20H20N4O4. The van der Waals surface area contributed by atoms with Gasteiger partial charge in [-0.1, -0.05) is 12.1 Å². The minimum absolute atomic E-state index is 0.137. The number of benzene rings is 2. The Kier molecular flexibility index (Phi) is 5.30. The van der Waals surface area contributed by atoms with E-state index in [2.05, 4.69) is 15.5 Å². The van der Waals surface area contributed by atoms with E-state index in [9.17, 15) is 14.7 Å². The highest BCUT2D eigenvalue weighted by Gasteiger charge is 2.15. The van der Waals surface area contributed by atoms with E-state index >= 15 is 0 Å². The van der Waals surface area contributed by atoms with Crippen LogP contribution in [0.15, 0.2) is 57.2 Å². The predicted molar refractivity (Wildman–Crippen MR) is 108 cm³/mol. The molecule has 0 fully saturated rings. The second-order valence-corrected chi connectivity index (χ2v) is 6.22. The van der Waals surface area contributed by atoms with Crippen molar-refractivity contribution in [1.82, 2.24) is 9.55 Å². The summed E-state index contributed by atoms with van der Waals surface area (Å²) in [5.41, 5.74) is 3.99. The van der Waals surface area contributed by atoms with E-state index in [0.29, 0.717) is 17.1 Å². The van der Waals surface area contributed by atoms with Gasteiger partial charge in [0.1, 0.15) is 11.3 Å². The summed E-state index contributed by atoms with van der Waals surface area (Å²) in [5.74, 6) is 0.215. The zero-order valence-electron chi connectivity index (χ0n) is 15.7. The molecule has 144 valence electrons. The third-order valence-corrected chi connectivity index (χ3v) is 4.20. The number of methoxy groups -OCH3 is 1. The summed E-state index contributed by atoms with van der Waals surface area (Å²) in [7, 11) is 1.57. The van der Waals surface area contributed by atoms with Crippen molar-refractivity contribution in [2.24, 2.45) is 5.10 Å². The lowest BCUT2D eigenvalue weighted by Crippen LogP contribution is -2.31. The van der Waals surface area contributed by atoms with Gasteiger partial charge in [0, 0.05) is 0 Å². The van der Waals surface area contributed by atoms with E-state index in [0.717, 1.165) is 15.7 Å². The van der Waals surface area contributed by atoms with Crippen molar-refractivity contribution in [2.45, 2.75) is 13.8 Å². The van der Waals surface area contributed by atoms with Crippen LogP contribution in [0.5, 0.6) is 11.6 Å². The largest absolute Gasteiger partial charge is 0.497 e. The highest BCUT2D eigenvalue weighted by Crippen LogP contribution is 2.20. The quantitative estimate of drug-likeness (QED) is 0.465. The molecule has 0 radical (unpaired) electrons. The number of aromatic hydroxyl groups is 1. The Morgan fingerprint density at radius 3 is 2.54 bits per heavy atom. The Bertz CT molecular complexity index is 1140. The van der Waals surface area contributed by atoms with Crippen molar-refractivity contribution in [1.29, 1.82) is 0 Å². The van der Waals surface area contributed by atoms with Gasteiger partial charge in [0.2, 0.25) is 5.88 Å². The number of aromatic amines is 1. The molecule has 3 rings (SSSR count). The Balaban J connectivity index is 1.98. The minimum Gasteiger partial charge on any atom is -0.497 e. The molecule has 0 amide bonds. The van der Waals surface area contributed by atoms with Gasteiger partial charge in [0.05, 0.1) is 24.7 Å². The lowest BCUT2D eigenvalue weighted by molar-refractivity contribution is 0.415. The summed E-state index contributed by atoms with van der Waals surface area (Å²) < 4.78 is 6.14. The lowest BCUT2D eigenvalue weighted by Gasteiger charge is -2.12. The van der Waals surface area contributed by atoms with Crippen LogP contribution in [0.4, 0.5) is 5.69 Å². The number of ether oxygens (including phenoxy) is 1. The molecule has 2 aromatic carbocycles. The third kappa shape index (κ3) is 3.80. The SMILES string of the molecule is COc1ccc(NN=Cc2c(O)n(-c3cc(C)ccc3C)c(=O)[nH]c2=O)cc1. The highest BCUT2D eigenvalue weighted by molar-refractivity contribution is 5.82. The van der Waals surface area contributed by atoms with Crippen molar-refractivity contribution >= 4 is 11.9 Å². The molecule has 0 aliphatic carbocycles. The molecule has 0 spiro atoms. The van der Waals surface area contributed by atoms with E-state index in [1.165, 1.54) is 6.21 Å². The molecule has 0 saturated heterocycles. The number of H-pyrrole nitrogens is 1. The van der Waals surface area contributed by atoms with Crippen LogP contribution in [0.25, 0.3) is 5.69 Å². The van der Waals surface area contributed by atoms with E-state index < -0.39 is 17.1 Å². The molecule has 1 heterocycles. The van der Waals surface area contributed by atoms with Gasteiger partial charge in [-0.3, -0.25) is 15.2 Å². The normalized spacial score (nSPS) is 11.0. The molecule has 0 aliphatic rings. The summed E-state index contributed by atoms with van der Waals surface area (Å²) in [6.07, 6.45) is 1.17. The number of rotatable bonds is 5. The molecule has 1 aromatic heterocycles. The van der Waals surface area contributed by atoms with E-state index in [-0.39, 0.29) is 5.56 Å². The number of hydrogen-bond acceptors (Lipinski definition) is 6. The summed E-state index contributed by atoms with van der Waals surface area (Å²) in [5, 5.41) is 14.6. The average molecular weight is 380 g/mol. The first-order chi connectivity index (χ1) is 13.4. The Hall–Kier alpha value is -3.81. The fourth-order valence-electron chi connectivity index (χ4n) is 2.68. The third-order valence-electron chi connectivity index (χ3n) is 4.20. The van der Waals surface area contributed by atoms with Gasteiger partial charge in [-0.25, -0.2) is 9.36 Å². The molecule has 0 aliphatic heterocycles. The molecule has 0 saturated carbocycles. The van der Waals surface area contributed by atoms with Crippen LogP contribution in [0, 0.1) is 13.8 Å². The van der Waals surface area contributed by atoms with Gasteiger partial charge < -0.3 is 9.84 Å². The number of nitrogens with zero attached hydrogens (tertiary/aromatic N) is 2. The van der Waals surface area contributed by atoms with Crippen molar-refractivity contribution < 1.29 is 9.84 Å². The second kappa shape index (κ2) is 7.83. The molecule has 3 N–H and O–H groups in total. The number of hydrogen-bond donors (Lipinski definition) is 3. The molecule has 28 heavy (non-hydrogen) atoms. The topological polar surface area (TPSA) is 109 Å². The summed E-state index contributed by atoms with van der Waals surface area (Å²) in [6.45, 7) is 3.68. The van der Waals surface area contributed by atoms with Crippen molar-refractivity contribution in [2.75, 3.05) is 12.5 Å². The second-order valence-electron chi connectivity index (χ2n) is 6.22. The van der Waals surface area contributed by atoms with Crippen LogP contribution < -0.4 is 21.4 Å². The molecule has 0 bridgehead atoms. The number of aryl methyl sites for hydroxylation is 2. The van der Waals surface area contributed by atoms with Gasteiger partial charge in [-0.05, 0) is 55.3 Å². The molecule has 8 nitrogen and oxygen atoms in total. The Morgan fingerprint density at radius 1 is 1.14 bits per heavy atom. The minimum atomic E-state index is -0.732. The van der Waals surface area contributed by atoms with Crippen molar-refractivity contribution in [3.8, 4) is 17.3 Å². The van der Waals surface area contributed by atoms with E-state index in [1.54, 1.807) is 37.4 Å². The standard InChI is InChI=1S/C20H20N4O4/c1-12-4-5-13(2)17(10-12)24-19(26)16(18(25)22-20(24)27)11-21-23-14-6-8-15(28-3)9-7-14/h4-11,23,26H,1-3H3,(H,22,25,27). The summed E-state index contributed by atoms with van der Waals surface area (Å²) in [6, 6.07) is 12.5. The summed E-state index contributed by atoms with van der Waals surface area (Å²) >= 11 is 0. The zero-order chi connectivity index (χ0) is 20.3. The van der Waals surface area contributed by atoms with Crippen LogP contribution in [0.2, 0.25) is 0 Å². The first kappa shape index (κ1) is 19.0. The smallest absolute Gasteiger partial charge is 0.335 e. The van der Waals surface area contributed by atoms with Crippen LogP contribution in [0.1, 0.15) is 16.7 Å². The molecule has 0 atom stereocenters. The molecular weight excluding hydrogens is 360 g/mol. The first-order valence-corrected chi connectivity index (χ1v) is 8.49. The van der Waals surface area contributed by atoms with Gasteiger partial charge >= 0.3 is 5.69 Å². The van der Waals surface area contributed by atoms with Gasteiger partial charge in [-0.2, -0.15) is 5.10 Å². The Labute approximate surface area is 160 Å². The maximum absolute atomic E-state index is 12.3. The lowest BCUT2D eigenvalue weighted by atomic mass is 10.1. The predicted octanol–water partition coefficient (Wildman–Crippen LogP) is 2.30. The maximum Gasteiger partial charge on any atom is 0.335 e. The van der Waals surface area contributed by atoms with Crippen LogP contribution in [0.3, 0.4) is 0 Å². The fourth-order valence-corrected chi connectivity index (χ4v) is 2.68. The maximum atomic E-state index is 12.3. The van der Waals surface area contributed by atoms with Gasteiger partial charge in [0.15, 0.2) is 0 Å².